The topological polar surface area (TPSA) is 58.1 Å². The summed E-state index contributed by atoms with van der Waals surface area (Å²) in [6.45, 7) is 0.733. The zero-order valence-corrected chi connectivity index (χ0v) is 14.6. The first kappa shape index (κ1) is 14.8. The van der Waals surface area contributed by atoms with Crippen molar-refractivity contribution in [2.75, 3.05) is 16.8 Å². The van der Waals surface area contributed by atoms with Crippen molar-refractivity contribution in [3.63, 3.8) is 0 Å². The number of thiophene rings is 1. The molecule has 126 valence electrons. The van der Waals surface area contributed by atoms with E-state index in [0.29, 0.717) is 0 Å². The van der Waals surface area contributed by atoms with Gasteiger partial charge in [-0.3, -0.25) is 4.79 Å². The number of carbonyl (C=O) groups is 1. The zero-order chi connectivity index (χ0) is 16.8. The molecule has 3 aromatic rings. The maximum atomic E-state index is 12.8. The van der Waals surface area contributed by atoms with Crippen LogP contribution in [0.3, 0.4) is 0 Å². The lowest BCUT2D eigenvalue weighted by atomic mass is 10.1. The second-order valence-corrected chi connectivity index (χ2v) is 7.65. The van der Waals surface area contributed by atoms with E-state index in [1.54, 1.807) is 17.7 Å². The smallest absolute Gasteiger partial charge is 0.249 e. The van der Waals surface area contributed by atoms with Gasteiger partial charge in [-0.15, -0.1) is 11.3 Å². The molecule has 0 saturated carbocycles. The van der Waals surface area contributed by atoms with E-state index in [0.717, 1.165) is 47.5 Å². The molecule has 2 aliphatic rings. The number of anilines is 2. The number of nitrogens with one attached hydrogen (secondary N) is 1. The van der Waals surface area contributed by atoms with E-state index in [-0.39, 0.29) is 11.9 Å². The van der Waals surface area contributed by atoms with Gasteiger partial charge in [0.05, 0.1) is 5.39 Å². The van der Waals surface area contributed by atoms with Gasteiger partial charge in [-0.2, -0.15) is 0 Å². The summed E-state index contributed by atoms with van der Waals surface area (Å²) >= 11 is 1.77. The molecule has 5 rings (SSSR count). The molecule has 3 heterocycles. The number of aryl methyl sites for hydroxylation is 2. The molecule has 5 nitrogen and oxygen atoms in total. The number of nitrogens with zero attached hydrogens (tertiary/aromatic N) is 3. The van der Waals surface area contributed by atoms with Crippen molar-refractivity contribution in [3.05, 3.63) is 47.1 Å². The Morgan fingerprint density at radius 3 is 2.92 bits per heavy atom. The SMILES string of the molecule is O=C1C(Nc2ncnc3sc4c(c23)CCC4)CCN1c1ccccc1. The summed E-state index contributed by atoms with van der Waals surface area (Å²) in [5, 5.41) is 4.54. The van der Waals surface area contributed by atoms with Gasteiger partial charge in [0.25, 0.3) is 0 Å². The van der Waals surface area contributed by atoms with Gasteiger partial charge < -0.3 is 10.2 Å². The molecular formula is C19H18N4OS. The standard InChI is InChI=1S/C19H18N4OS/c24-19-14(9-10-23(19)12-5-2-1-3-6-12)22-17-16-13-7-4-8-15(13)25-18(16)21-11-20-17/h1-3,5-6,11,14H,4,7-10H2,(H,20,21,22). The normalized spacial score (nSPS) is 19.6. The third kappa shape index (κ3) is 2.40. The molecule has 1 unspecified atom stereocenters. The van der Waals surface area contributed by atoms with E-state index in [1.807, 2.05) is 35.2 Å². The first-order chi connectivity index (χ1) is 12.3. The third-order valence-corrected chi connectivity index (χ3v) is 6.29. The molecule has 0 bridgehead atoms. The minimum Gasteiger partial charge on any atom is -0.358 e. The van der Waals surface area contributed by atoms with Crippen molar-refractivity contribution in [1.82, 2.24) is 9.97 Å². The van der Waals surface area contributed by atoms with Crippen molar-refractivity contribution >= 4 is 39.0 Å². The molecule has 1 N–H and O–H groups in total. The third-order valence-electron chi connectivity index (χ3n) is 5.09. The molecule has 6 heteroatoms. The largest absolute Gasteiger partial charge is 0.358 e. The van der Waals surface area contributed by atoms with Crippen molar-refractivity contribution < 1.29 is 4.79 Å². The van der Waals surface area contributed by atoms with Gasteiger partial charge in [0, 0.05) is 17.1 Å². The minimum atomic E-state index is -0.227. The Balaban J connectivity index is 1.45. The van der Waals surface area contributed by atoms with Gasteiger partial charge in [0.1, 0.15) is 23.0 Å². The van der Waals surface area contributed by atoms with E-state index in [1.165, 1.54) is 16.9 Å². The van der Waals surface area contributed by atoms with Crippen LogP contribution in [0.1, 0.15) is 23.3 Å². The summed E-state index contributed by atoms with van der Waals surface area (Å²) in [4.78, 5) is 26.1. The molecule has 1 aromatic carbocycles. The molecule has 25 heavy (non-hydrogen) atoms. The number of rotatable bonds is 3. The van der Waals surface area contributed by atoms with Gasteiger partial charge in [-0.1, -0.05) is 18.2 Å². The van der Waals surface area contributed by atoms with Crippen LogP contribution in [0.4, 0.5) is 11.5 Å². The van der Waals surface area contributed by atoms with Crippen LogP contribution in [-0.4, -0.2) is 28.5 Å². The highest BCUT2D eigenvalue weighted by molar-refractivity contribution is 7.19. The molecule has 1 amide bonds. The molecule has 1 aliphatic carbocycles. The molecule has 1 fully saturated rings. The number of amides is 1. The summed E-state index contributed by atoms with van der Waals surface area (Å²) in [6.07, 6.45) is 5.82. The van der Waals surface area contributed by atoms with Crippen LogP contribution in [0.15, 0.2) is 36.7 Å². The number of aromatic nitrogens is 2. The maximum absolute atomic E-state index is 12.8. The average Bonchev–Trinajstić information content (AvgIpc) is 3.31. The van der Waals surface area contributed by atoms with Gasteiger partial charge in [0.15, 0.2) is 0 Å². The van der Waals surface area contributed by atoms with Crippen LogP contribution >= 0.6 is 11.3 Å². The first-order valence-electron chi connectivity index (χ1n) is 8.69. The van der Waals surface area contributed by atoms with Crippen molar-refractivity contribution in [1.29, 1.82) is 0 Å². The number of carbonyl (C=O) groups excluding carboxylic acids is 1. The van der Waals surface area contributed by atoms with Crippen LogP contribution in [-0.2, 0) is 17.6 Å². The van der Waals surface area contributed by atoms with Crippen LogP contribution in [0.5, 0.6) is 0 Å². The maximum Gasteiger partial charge on any atom is 0.249 e. The van der Waals surface area contributed by atoms with Crippen LogP contribution in [0.2, 0.25) is 0 Å². The summed E-state index contributed by atoms with van der Waals surface area (Å²) in [7, 11) is 0. The van der Waals surface area contributed by atoms with Crippen molar-refractivity contribution in [3.8, 4) is 0 Å². The average molecular weight is 350 g/mol. The zero-order valence-electron chi connectivity index (χ0n) is 13.7. The van der Waals surface area contributed by atoms with Gasteiger partial charge in [-0.05, 0) is 43.4 Å². The Labute approximate surface area is 149 Å². The summed E-state index contributed by atoms with van der Waals surface area (Å²) in [5.41, 5.74) is 2.34. The Morgan fingerprint density at radius 1 is 1.16 bits per heavy atom. The predicted octanol–water partition coefficient (Wildman–Crippen LogP) is 3.40. The summed E-state index contributed by atoms with van der Waals surface area (Å²) in [6, 6.07) is 9.63. The Kier molecular flexibility index (Phi) is 3.45. The highest BCUT2D eigenvalue weighted by Gasteiger charge is 2.33. The quantitative estimate of drug-likeness (QED) is 0.786. The Bertz CT molecular complexity index is 953. The molecule has 0 spiro atoms. The van der Waals surface area contributed by atoms with Crippen LogP contribution in [0, 0.1) is 0 Å². The molecule has 1 saturated heterocycles. The number of hydrogen-bond donors (Lipinski definition) is 1. The molecular weight excluding hydrogens is 332 g/mol. The fourth-order valence-corrected chi connectivity index (χ4v) is 5.11. The molecule has 1 atom stereocenters. The Morgan fingerprint density at radius 2 is 2.04 bits per heavy atom. The highest BCUT2D eigenvalue weighted by atomic mass is 32.1. The second kappa shape index (κ2) is 5.81. The monoisotopic (exact) mass is 350 g/mol. The lowest BCUT2D eigenvalue weighted by Crippen LogP contribution is -2.33. The van der Waals surface area contributed by atoms with Crippen LogP contribution in [0.25, 0.3) is 10.2 Å². The lowest BCUT2D eigenvalue weighted by molar-refractivity contribution is -0.117. The van der Waals surface area contributed by atoms with Gasteiger partial charge >= 0.3 is 0 Å². The van der Waals surface area contributed by atoms with E-state index >= 15 is 0 Å². The van der Waals surface area contributed by atoms with E-state index < -0.39 is 0 Å². The van der Waals surface area contributed by atoms with Crippen LogP contribution < -0.4 is 10.2 Å². The number of hydrogen-bond acceptors (Lipinski definition) is 5. The fourth-order valence-electron chi connectivity index (χ4n) is 3.88. The number of benzene rings is 1. The Hall–Kier alpha value is -2.47. The predicted molar refractivity (Wildman–Crippen MR) is 100 cm³/mol. The van der Waals surface area contributed by atoms with E-state index in [9.17, 15) is 4.79 Å². The van der Waals surface area contributed by atoms with Crippen molar-refractivity contribution in [2.45, 2.75) is 31.7 Å². The van der Waals surface area contributed by atoms with Crippen molar-refractivity contribution in [2.24, 2.45) is 0 Å². The molecule has 2 aromatic heterocycles. The summed E-state index contributed by atoms with van der Waals surface area (Å²) in [5.74, 6) is 0.933. The molecule has 0 radical (unpaired) electrons. The first-order valence-corrected chi connectivity index (χ1v) is 9.51. The van der Waals surface area contributed by atoms with Gasteiger partial charge in [0.2, 0.25) is 5.91 Å². The minimum absolute atomic E-state index is 0.116. The second-order valence-electron chi connectivity index (χ2n) is 6.57. The van der Waals surface area contributed by atoms with Gasteiger partial charge in [-0.25, -0.2) is 9.97 Å². The number of fused-ring (bicyclic) bond motifs is 3. The van der Waals surface area contributed by atoms with E-state index in [2.05, 4.69) is 15.3 Å². The number of para-hydroxylation sites is 1. The summed E-state index contributed by atoms with van der Waals surface area (Å²) < 4.78 is 0. The van der Waals surface area contributed by atoms with E-state index in [4.69, 9.17) is 0 Å². The fraction of sp³-hybridized carbons (Fsp3) is 0.316. The highest BCUT2D eigenvalue weighted by Crippen LogP contribution is 2.39. The molecule has 1 aliphatic heterocycles. The lowest BCUT2D eigenvalue weighted by Gasteiger charge is -2.17.